The van der Waals surface area contributed by atoms with Crippen molar-refractivity contribution in [3.63, 3.8) is 0 Å². The molecule has 0 bridgehead atoms. The molecule has 2 aromatic carbocycles. The van der Waals surface area contributed by atoms with Crippen LogP contribution in [0.25, 0.3) is 11.1 Å². The molecule has 1 heterocycles. The van der Waals surface area contributed by atoms with Crippen LogP contribution in [0.3, 0.4) is 0 Å². The Labute approximate surface area is 205 Å². The van der Waals surface area contributed by atoms with E-state index in [-0.39, 0.29) is 36.1 Å². The fourth-order valence-electron chi connectivity index (χ4n) is 6.00. The first kappa shape index (κ1) is 23.4. The largest absolute Gasteiger partial charge is 0.481 e. The Bertz CT molecular complexity index is 1060. The molecular weight excluding hydrogens is 444 g/mol. The summed E-state index contributed by atoms with van der Waals surface area (Å²) in [5.74, 6) is -0.615. The number of carbonyl (C=O) groups excluding carboxylic acids is 2. The van der Waals surface area contributed by atoms with Crippen LogP contribution < -0.4 is 5.32 Å². The van der Waals surface area contributed by atoms with E-state index < -0.39 is 12.1 Å². The third-order valence-corrected chi connectivity index (χ3v) is 7.80. The van der Waals surface area contributed by atoms with E-state index in [0.717, 1.165) is 32.1 Å². The lowest BCUT2D eigenvalue weighted by atomic mass is 9.85. The number of carbonyl (C=O) groups is 3. The van der Waals surface area contributed by atoms with Gasteiger partial charge in [-0.25, -0.2) is 4.79 Å². The number of likely N-dealkylation sites (tertiary alicyclic amines) is 1. The van der Waals surface area contributed by atoms with E-state index in [1.54, 1.807) is 0 Å². The number of alkyl carbamates (subject to hydrolysis) is 1. The Kier molecular flexibility index (Phi) is 6.75. The highest BCUT2D eigenvalue weighted by Crippen LogP contribution is 2.44. The second-order valence-electron chi connectivity index (χ2n) is 10.1. The Hall–Kier alpha value is -3.35. The molecular formula is C28H32N2O5. The van der Waals surface area contributed by atoms with Gasteiger partial charge in [-0.15, -0.1) is 0 Å². The second-order valence-corrected chi connectivity index (χ2v) is 10.1. The molecule has 1 saturated carbocycles. The van der Waals surface area contributed by atoms with Crippen LogP contribution in [0.2, 0.25) is 0 Å². The van der Waals surface area contributed by atoms with Crippen LogP contribution >= 0.6 is 0 Å². The number of aliphatic carboxylic acids is 1. The molecule has 0 radical (unpaired) electrons. The van der Waals surface area contributed by atoms with Gasteiger partial charge in [-0.05, 0) is 60.3 Å². The molecule has 1 aliphatic heterocycles. The van der Waals surface area contributed by atoms with Crippen LogP contribution in [0, 0.1) is 11.8 Å². The highest BCUT2D eigenvalue weighted by molar-refractivity contribution is 5.80. The van der Waals surface area contributed by atoms with Crippen LogP contribution in [0.5, 0.6) is 0 Å². The van der Waals surface area contributed by atoms with E-state index in [1.807, 2.05) is 29.2 Å². The lowest BCUT2D eigenvalue weighted by molar-refractivity contribution is -0.139. The van der Waals surface area contributed by atoms with Gasteiger partial charge in [-0.2, -0.15) is 0 Å². The zero-order valence-electron chi connectivity index (χ0n) is 19.8. The molecule has 1 unspecified atom stereocenters. The minimum absolute atomic E-state index is 0.00744. The van der Waals surface area contributed by atoms with Gasteiger partial charge < -0.3 is 20.1 Å². The molecule has 1 atom stereocenters. The molecule has 7 heteroatoms. The first-order valence-electron chi connectivity index (χ1n) is 12.6. The highest BCUT2D eigenvalue weighted by atomic mass is 16.5. The van der Waals surface area contributed by atoms with E-state index in [2.05, 4.69) is 29.6 Å². The van der Waals surface area contributed by atoms with Gasteiger partial charge in [0.15, 0.2) is 0 Å². The molecule has 184 valence electrons. The monoisotopic (exact) mass is 476 g/mol. The number of nitrogens with zero attached hydrogens (tertiary/aromatic N) is 1. The van der Waals surface area contributed by atoms with Gasteiger partial charge >= 0.3 is 12.1 Å². The SMILES string of the molecule is O=C(O)CC1CCN(C(=O)C2CCC(NC(=O)OCC3c4ccccc4-c4ccccc43)CC2)C1. The minimum Gasteiger partial charge on any atom is -0.481 e. The number of amides is 2. The third-order valence-electron chi connectivity index (χ3n) is 7.80. The van der Waals surface area contributed by atoms with Gasteiger partial charge in [-0.3, -0.25) is 9.59 Å². The van der Waals surface area contributed by atoms with Crippen LogP contribution in [0.4, 0.5) is 4.79 Å². The maximum atomic E-state index is 12.9. The molecule has 2 fully saturated rings. The molecule has 1 saturated heterocycles. The Morgan fingerprint density at radius 1 is 0.914 bits per heavy atom. The van der Waals surface area contributed by atoms with E-state index in [9.17, 15) is 14.4 Å². The van der Waals surface area contributed by atoms with Crippen LogP contribution in [-0.4, -0.2) is 53.7 Å². The summed E-state index contributed by atoms with van der Waals surface area (Å²) in [6.45, 7) is 1.48. The van der Waals surface area contributed by atoms with Crippen LogP contribution in [-0.2, 0) is 14.3 Å². The lowest BCUT2D eigenvalue weighted by Crippen LogP contribution is -2.42. The highest BCUT2D eigenvalue weighted by Gasteiger charge is 2.34. The molecule has 2 amide bonds. The molecule has 5 rings (SSSR count). The van der Waals surface area contributed by atoms with Crippen LogP contribution in [0.15, 0.2) is 48.5 Å². The topological polar surface area (TPSA) is 95.9 Å². The summed E-state index contributed by atoms with van der Waals surface area (Å²) >= 11 is 0. The number of carboxylic acids is 1. The zero-order valence-corrected chi connectivity index (χ0v) is 19.8. The molecule has 2 aliphatic carbocycles. The van der Waals surface area contributed by atoms with Gasteiger partial charge in [0.05, 0.1) is 0 Å². The van der Waals surface area contributed by atoms with Crippen LogP contribution in [0.1, 0.15) is 55.6 Å². The predicted octanol–water partition coefficient (Wildman–Crippen LogP) is 4.41. The smallest absolute Gasteiger partial charge is 0.407 e. The van der Waals surface area contributed by atoms with Crippen molar-refractivity contribution in [3.05, 3.63) is 59.7 Å². The normalized spacial score (nSPS) is 23.4. The summed E-state index contributed by atoms with van der Waals surface area (Å²) in [4.78, 5) is 38.2. The van der Waals surface area contributed by atoms with Gasteiger partial charge in [0, 0.05) is 37.4 Å². The number of benzene rings is 2. The third kappa shape index (κ3) is 5.04. The fraction of sp³-hybridized carbons (Fsp3) is 0.464. The van der Waals surface area contributed by atoms with Gasteiger partial charge in [0.25, 0.3) is 0 Å². The first-order valence-corrected chi connectivity index (χ1v) is 12.6. The standard InChI is InChI=1S/C28H32N2O5/c31-26(32)15-18-13-14-30(16-18)27(33)19-9-11-20(12-10-19)29-28(34)35-17-25-23-7-3-1-5-21(23)22-6-2-4-8-24(22)25/h1-8,18-20,25H,9-17H2,(H,29,34)(H,31,32). The molecule has 7 nitrogen and oxygen atoms in total. The summed E-state index contributed by atoms with van der Waals surface area (Å²) in [5, 5.41) is 12.0. The first-order chi connectivity index (χ1) is 17.0. The average molecular weight is 477 g/mol. The number of rotatable bonds is 6. The molecule has 35 heavy (non-hydrogen) atoms. The molecule has 3 aliphatic rings. The molecule has 0 aromatic heterocycles. The van der Waals surface area contributed by atoms with Gasteiger partial charge in [-0.1, -0.05) is 48.5 Å². The molecule has 2 aromatic rings. The summed E-state index contributed by atoms with van der Waals surface area (Å²) in [6.07, 6.45) is 3.43. The maximum Gasteiger partial charge on any atom is 0.407 e. The van der Waals surface area contributed by atoms with Crippen molar-refractivity contribution in [1.82, 2.24) is 10.2 Å². The van der Waals surface area contributed by atoms with E-state index >= 15 is 0 Å². The van der Waals surface area contributed by atoms with E-state index in [1.165, 1.54) is 22.3 Å². The van der Waals surface area contributed by atoms with Crippen molar-refractivity contribution in [3.8, 4) is 11.1 Å². The van der Waals surface area contributed by atoms with E-state index in [0.29, 0.717) is 19.7 Å². The number of ether oxygens (including phenoxy) is 1. The molecule has 2 N–H and O–H groups in total. The quantitative estimate of drug-likeness (QED) is 0.644. The van der Waals surface area contributed by atoms with Crippen molar-refractivity contribution in [2.75, 3.05) is 19.7 Å². The van der Waals surface area contributed by atoms with Crippen molar-refractivity contribution >= 4 is 18.0 Å². The zero-order chi connectivity index (χ0) is 24.4. The summed E-state index contributed by atoms with van der Waals surface area (Å²) in [7, 11) is 0. The maximum absolute atomic E-state index is 12.9. The number of hydrogen-bond acceptors (Lipinski definition) is 4. The fourth-order valence-corrected chi connectivity index (χ4v) is 6.00. The van der Waals surface area contributed by atoms with Crippen molar-refractivity contribution < 1.29 is 24.2 Å². The van der Waals surface area contributed by atoms with Gasteiger partial charge in [0.2, 0.25) is 5.91 Å². The van der Waals surface area contributed by atoms with Crippen molar-refractivity contribution in [2.24, 2.45) is 11.8 Å². The minimum atomic E-state index is -0.802. The Balaban J connectivity index is 1.09. The van der Waals surface area contributed by atoms with E-state index in [4.69, 9.17) is 9.84 Å². The van der Waals surface area contributed by atoms with Gasteiger partial charge in [0.1, 0.15) is 6.61 Å². The predicted molar refractivity (Wildman–Crippen MR) is 131 cm³/mol. The second kappa shape index (κ2) is 10.1. The summed E-state index contributed by atoms with van der Waals surface area (Å²) in [5.41, 5.74) is 4.78. The number of carboxylic acid groups (broad SMARTS) is 1. The summed E-state index contributed by atoms with van der Waals surface area (Å²) < 4.78 is 5.67. The van der Waals surface area contributed by atoms with Crippen molar-refractivity contribution in [1.29, 1.82) is 0 Å². The Morgan fingerprint density at radius 2 is 1.54 bits per heavy atom. The lowest BCUT2D eigenvalue weighted by Gasteiger charge is -2.31. The Morgan fingerprint density at radius 3 is 2.17 bits per heavy atom. The number of hydrogen-bond donors (Lipinski definition) is 2. The number of nitrogens with one attached hydrogen (secondary N) is 1. The average Bonchev–Trinajstić information content (AvgIpc) is 3.45. The molecule has 0 spiro atoms. The number of fused-ring (bicyclic) bond motifs is 3. The summed E-state index contributed by atoms with van der Waals surface area (Å²) in [6, 6.07) is 16.5. The van der Waals surface area contributed by atoms with Crippen molar-refractivity contribution in [2.45, 2.75) is 50.5 Å².